The fraction of sp³-hybridized carbons (Fsp3) is 0.182. The summed E-state index contributed by atoms with van der Waals surface area (Å²) in [7, 11) is 0. The number of carbonyl (C=O) groups excluding carboxylic acids is 2. The summed E-state index contributed by atoms with van der Waals surface area (Å²) in [4.78, 5) is 24.9. The molecule has 6 heteroatoms. The van der Waals surface area contributed by atoms with E-state index in [1.54, 1.807) is 24.3 Å². The number of benzene rings is 1. The van der Waals surface area contributed by atoms with E-state index in [9.17, 15) is 9.59 Å². The maximum atomic E-state index is 11.9. The number of amides is 2. The van der Waals surface area contributed by atoms with Gasteiger partial charge in [0.2, 0.25) is 0 Å². The maximum absolute atomic E-state index is 11.9. The number of carbonyl (C=O) groups is 2. The molecule has 0 saturated heterocycles. The molecule has 0 aliphatic carbocycles. The lowest BCUT2D eigenvalue weighted by Crippen LogP contribution is -2.40. The van der Waals surface area contributed by atoms with E-state index in [1.807, 2.05) is 0 Å². The fourth-order valence-corrected chi connectivity index (χ4v) is 1.72. The predicted octanol–water partition coefficient (Wildman–Crippen LogP) is 0.0654. The van der Waals surface area contributed by atoms with Gasteiger partial charge in [-0.3, -0.25) is 24.9 Å². The minimum Gasteiger partial charge on any atom is -0.300 e. The minimum absolute atomic E-state index is 0.179. The zero-order valence-electron chi connectivity index (χ0n) is 9.09. The van der Waals surface area contributed by atoms with E-state index in [2.05, 4.69) is 0 Å². The van der Waals surface area contributed by atoms with Crippen LogP contribution in [0.2, 0.25) is 0 Å². The Kier molecular flexibility index (Phi) is 2.88. The number of rotatable bonds is 4. The van der Waals surface area contributed by atoms with Gasteiger partial charge in [-0.15, -0.1) is 0 Å². The van der Waals surface area contributed by atoms with Gasteiger partial charge in [0.05, 0.1) is 24.0 Å². The van der Waals surface area contributed by atoms with Crippen LogP contribution < -0.4 is 5.84 Å². The van der Waals surface area contributed by atoms with Gasteiger partial charge in [0.25, 0.3) is 11.8 Å². The van der Waals surface area contributed by atoms with Gasteiger partial charge in [-0.2, -0.15) is 0 Å². The molecule has 0 spiro atoms. The van der Waals surface area contributed by atoms with Crippen molar-refractivity contribution in [1.82, 2.24) is 9.91 Å². The van der Waals surface area contributed by atoms with Crippen LogP contribution in [-0.4, -0.2) is 41.2 Å². The zero-order chi connectivity index (χ0) is 12.4. The number of imide groups is 1. The molecular formula is C11H12N4O2. The second kappa shape index (κ2) is 4.34. The predicted molar refractivity (Wildman–Crippen MR) is 61.5 cm³/mol. The summed E-state index contributed by atoms with van der Waals surface area (Å²) < 4.78 is 0. The summed E-state index contributed by atoms with van der Waals surface area (Å²) in [6, 6.07) is 6.71. The van der Waals surface area contributed by atoms with Crippen LogP contribution in [0.5, 0.6) is 0 Å². The molecule has 1 heterocycles. The number of nitrogens with zero attached hydrogens (tertiary/aromatic N) is 2. The van der Waals surface area contributed by atoms with Crippen molar-refractivity contribution in [3.63, 3.8) is 0 Å². The molecule has 1 aromatic rings. The number of nitrogens with one attached hydrogen (secondary N) is 1. The van der Waals surface area contributed by atoms with E-state index in [0.29, 0.717) is 11.1 Å². The molecule has 6 nitrogen and oxygen atoms in total. The quantitative estimate of drug-likeness (QED) is 0.252. The highest BCUT2D eigenvalue weighted by Gasteiger charge is 2.34. The molecule has 1 aromatic carbocycles. The van der Waals surface area contributed by atoms with Crippen LogP contribution in [-0.2, 0) is 0 Å². The molecule has 2 rings (SSSR count). The summed E-state index contributed by atoms with van der Waals surface area (Å²) >= 11 is 0. The summed E-state index contributed by atoms with van der Waals surface area (Å²) in [5, 5.41) is 8.01. The minimum atomic E-state index is -0.302. The van der Waals surface area contributed by atoms with Crippen LogP contribution in [0.4, 0.5) is 0 Å². The van der Waals surface area contributed by atoms with E-state index in [-0.39, 0.29) is 24.9 Å². The first-order chi connectivity index (χ1) is 8.15. The Hall–Kier alpha value is -2.21. The number of hydrazine groups is 1. The third kappa shape index (κ3) is 1.90. The van der Waals surface area contributed by atoms with Crippen molar-refractivity contribution in [3.05, 3.63) is 35.4 Å². The smallest absolute Gasteiger partial charge is 0.261 e. The Morgan fingerprint density at radius 2 is 1.76 bits per heavy atom. The second-order valence-electron chi connectivity index (χ2n) is 3.67. The Balaban J connectivity index is 2.16. The van der Waals surface area contributed by atoms with Crippen molar-refractivity contribution in [2.75, 3.05) is 13.1 Å². The molecule has 0 saturated carbocycles. The summed E-state index contributed by atoms with van der Waals surface area (Å²) in [6.07, 6.45) is 0.943. The first-order valence-electron chi connectivity index (χ1n) is 5.12. The number of hydrogen-bond donors (Lipinski definition) is 2. The van der Waals surface area contributed by atoms with Gasteiger partial charge in [0, 0.05) is 6.54 Å². The van der Waals surface area contributed by atoms with Crippen molar-refractivity contribution in [2.45, 2.75) is 0 Å². The van der Waals surface area contributed by atoms with Crippen LogP contribution in [0.1, 0.15) is 20.7 Å². The molecule has 0 radical (unpaired) electrons. The third-order valence-corrected chi connectivity index (χ3v) is 2.63. The van der Waals surface area contributed by atoms with Crippen LogP contribution in [0.15, 0.2) is 24.3 Å². The average Bonchev–Trinajstić information content (AvgIpc) is 2.60. The van der Waals surface area contributed by atoms with Crippen LogP contribution >= 0.6 is 0 Å². The molecule has 0 aromatic heterocycles. The number of fused-ring (bicyclic) bond motifs is 1. The normalized spacial score (nSPS) is 13.8. The SMILES string of the molecule is N=CN(N)CCN1C(=O)c2ccccc2C1=O. The van der Waals surface area contributed by atoms with Crippen molar-refractivity contribution < 1.29 is 9.59 Å². The van der Waals surface area contributed by atoms with Crippen molar-refractivity contribution in [1.29, 1.82) is 5.41 Å². The van der Waals surface area contributed by atoms with Crippen LogP contribution in [0.3, 0.4) is 0 Å². The van der Waals surface area contributed by atoms with Gasteiger partial charge in [-0.1, -0.05) is 12.1 Å². The van der Waals surface area contributed by atoms with Gasteiger partial charge < -0.3 is 0 Å². The van der Waals surface area contributed by atoms with Crippen molar-refractivity contribution >= 4 is 18.2 Å². The van der Waals surface area contributed by atoms with E-state index in [0.717, 1.165) is 16.2 Å². The molecule has 88 valence electrons. The fourth-order valence-electron chi connectivity index (χ4n) is 1.72. The maximum Gasteiger partial charge on any atom is 0.261 e. The lowest BCUT2D eigenvalue weighted by Gasteiger charge is -2.17. The molecule has 1 aliphatic rings. The van der Waals surface area contributed by atoms with E-state index in [4.69, 9.17) is 11.3 Å². The van der Waals surface area contributed by atoms with E-state index < -0.39 is 0 Å². The van der Waals surface area contributed by atoms with Crippen LogP contribution in [0.25, 0.3) is 0 Å². The first kappa shape index (κ1) is 11.3. The molecule has 3 N–H and O–H groups in total. The third-order valence-electron chi connectivity index (χ3n) is 2.63. The zero-order valence-corrected chi connectivity index (χ0v) is 9.09. The molecule has 0 fully saturated rings. The van der Waals surface area contributed by atoms with Gasteiger partial charge >= 0.3 is 0 Å². The Bertz CT molecular complexity index is 451. The van der Waals surface area contributed by atoms with Crippen molar-refractivity contribution in [2.24, 2.45) is 5.84 Å². The first-order valence-corrected chi connectivity index (χ1v) is 5.12. The van der Waals surface area contributed by atoms with Gasteiger partial charge in [0.15, 0.2) is 0 Å². The highest BCUT2D eigenvalue weighted by molar-refractivity contribution is 6.21. The summed E-state index contributed by atoms with van der Waals surface area (Å²) in [5.74, 6) is 4.78. The summed E-state index contributed by atoms with van der Waals surface area (Å²) in [6.45, 7) is 0.424. The average molecular weight is 232 g/mol. The number of hydrogen-bond acceptors (Lipinski definition) is 4. The van der Waals surface area contributed by atoms with Crippen molar-refractivity contribution in [3.8, 4) is 0 Å². The van der Waals surface area contributed by atoms with E-state index in [1.165, 1.54) is 0 Å². The lowest BCUT2D eigenvalue weighted by molar-refractivity contribution is 0.0647. The molecule has 1 aliphatic heterocycles. The lowest BCUT2D eigenvalue weighted by atomic mass is 10.1. The molecule has 17 heavy (non-hydrogen) atoms. The van der Waals surface area contributed by atoms with Crippen LogP contribution in [0, 0.1) is 5.41 Å². The summed E-state index contributed by atoms with van der Waals surface area (Å²) in [5.41, 5.74) is 0.854. The molecule has 0 bridgehead atoms. The highest BCUT2D eigenvalue weighted by atomic mass is 16.2. The largest absolute Gasteiger partial charge is 0.300 e. The standard InChI is InChI=1S/C11H12N4O2/c12-7-14(13)5-6-15-10(16)8-3-1-2-4-9(8)11(15)17/h1-4,7,12H,5-6,13H2. The number of nitrogens with two attached hydrogens (primary N) is 1. The second-order valence-corrected chi connectivity index (χ2v) is 3.67. The Morgan fingerprint density at radius 1 is 1.24 bits per heavy atom. The molecule has 2 amide bonds. The van der Waals surface area contributed by atoms with Gasteiger partial charge in [-0.25, -0.2) is 5.84 Å². The molecule has 0 atom stereocenters. The monoisotopic (exact) mass is 232 g/mol. The molecule has 0 unspecified atom stereocenters. The topological polar surface area (TPSA) is 90.5 Å². The Labute approximate surface area is 98.1 Å². The highest BCUT2D eigenvalue weighted by Crippen LogP contribution is 2.21. The van der Waals surface area contributed by atoms with Gasteiger partial charge in [-0.05, 0) is 12.1 Å². The van der Waals surface area contributed by atoms with E-state index >= 15 is 0 Å². The van der Waals surface area contributed by atoms with Gasteiger partial charge in [0.1, 0.15) is 0 Å². The molecular weight excluding hydrogens is 220 g/mol. The Morgan fingerprint density at radius 3 is 2.24 bits per heavy atom.